The van der Waals surface area contributed by atoms with Crippen molar-refractivity contribution in [3.63, 3.8) is 0 Å². The van der Waals surface area contributed by atoms with Gasteiger partial charge in [0.2, 0.25) is 0 Å². The largest absolute Gasteiger partial charge is 0.379 e. The molecule has 1 unspecified atom stereocenters. The van der Waals surface area contributed by atoms with E-state index in [1.165, 1.54) is 17.7 Å². The molecule has 1 N–H and O–H groups in total. The minimum Gasteiger partial charge on any atom is -0.379 e. The van der Waals surface area contributed by atoms with Gasteiger partial charge in [-0.05, 0) is 24.6 Å². The first-order valence-electron chi connectivity index (χ1n) is 7.94. The summed E-state index contributed by atoms with van der Waals surface area (Å²) >= 11 is 7.61. The Kier molecular flexibility index (Phi) is 5.49. The molecule has 8 heteroatoms. The van der Waals surface area contributed by atoms with Crippen molar-refractivity contribution in [1.29, 1.82) is 0 Å². The minimum absolute atomic E-state index is 0.0803. The molecule has 1 atom stereocenters. The van der Waals surface area contributed by atoms with Gasteiger partial charge in [0, 0.05) is 25.4 Å². The van der Waals surface area contributed by atoms with Crippen molar-refractivity contribution in [1.82, 2.24) is 19.9 Å². The maximum Gasteiger partial charge on any atom is 0.157 e. The lowest BCUT2D eigenvalue weighted by molar-refractivity contribution is 0.112. The Hall–Kier alpha value is -2.51. The molecule has 134 valence electrons. The number of aldehydes is 1. The molecule has 0 saturated carbocycles. The van der Waals surface area contributed by atoms with E-state index in [2.05, 4.69) is 20.3 Å². The first-order chi connectivity index (χ1) is 12.5. The van der Waals surface area contributed by atoms with Crippen molar-refractivity contribution in [2.24, 2.45) is 0 Å². The molecule has 3 aromatic rings. The Balaban J connectivity index is 1.96. The molecule has 0 aliphatic carbocycles. The average Bonchev–Trinajstić information content (AvgIpc) is 3.09. The smallest absolute Gasteiger partial charge is 0.157 e. The first-order valence-corrected chi connectivity index (χ1v) is 9.20. The summed E-state index contributed by atoms with van der Waals surface area (Å²) in [6, 6.07) is 5.33. The van der Waals surface area contributed by atoms with E-state index in [1.54, 1.807) is 11.6 Å². The molecule has 0 saturated heterocycles. The second-order valence-electron chi connectivity index (χ2n) is 5.92. The molecule has 0 spiro atoms. The van der Waals surface area contributed by atoms with E-state index < -0.39 is 0 Å². The molecular weight excluding hydrogens is 370 g/mol. The Morgan fingerprint density at radius 3 is 2.85 bits per heavy atom. The maximum absolute atomic E-state index is 11.4. The van der Waals surface area contributed by atoms with Crippen molar-refractivity contribution in [2.75, 3.05) is 19.4 Å². The number of nitrogens with zero attached hydrogens (tertiary/aromatic N) is 4. The summed E-state index contributed by atoms with van der Waals surface area (Å²) in [6.45, 7) is 2.03. The predicted octanol–water partition coefficient (Wildman–Crippen LogP) is 3.96. The van der Waals surface area contributed by atoms with Gasteiger partial charge in [0.15, 0.2) is 12.1 Å². The van der Waals surface area contributed by atoms with Crippen LogP contribution >= 0.6 is 22.9 Å². The summed E-state index contributed by atoms with van der Waals surface area (Å²) in [5.41, 5.74) is 4.72. The van der Waals surface area contributed by atoms with Gasteiger partial charge in [0.05, 0.1) is 16.6 Å². The number of rotatable bonds is 6. The van der Waals surface area contributed by atoms with Crippen molar-refractivity contribution >= 4 is 51.5 Å². The second kappa shape index (κ2) is 7.80. The molecule has 6 nitrogen and oxygen atoms in total. The van der Waals surface area contributed by atoms with Gasteiger partial charge >= 0.3 is 0 Å². The highest BCUT2D eigenvalue weighted by Crippen LogP contribution is 2.25. The highest BCUT2D eigenvalue weighted by atomic mass is 35.5. The second-order valence-corrected chi connectivity index (χ2v) is 7.16. The molecule has 26 heavy (non-hydrogen) atoms. The molecule has 3 rings (SSSR count). The van der Waals surface area contributed by atoms with Crippen LogP contribution in [0.3, 0.4) is 0 Å². The highest BCUT2D eigenvalue weighted by molar-refractivity contribution is 7.16. The monoisotopic (exact) mass is 387 g/mol. The lowest BCUT2D eigenvalue weighted by Crippen LogP contribution is -2.28. The standard InChI is InChI=1S/C18H18ClN5OS/c1-11(23-17-16-18(21-9-20-17)26-10-22-16)15(24(2)3)7-12-5-4-6-14(19)13(12)8-25/h4-11H,1-3H3,(H,20,21,23)/b15-7-. The SMILES string of the molecule is CC(Nc1ncnc2scnc12)/C(=C/c1cccc(Cl)c1C=O)N(C)C. The summed E-state index contributed by atoms with van der Waals surface area (Å²) in [5, 5.41) is 3.82. The third-order valence-corrected chi connectivity index (χ3v) is 5.02. The number of hydrogen-bond donors (Lipinski definition) is 1. The van der Waals surface area contributed by atoms with Gasteiger partial charge in [-0.25, -0.2) is 15.0 Å². The van der Waals surface area contributed by atoms with Gasteiger partial charge in [-0.15, -0.1) is 11.3 Å². The average molecular weight is 388 g/mol. The van der Waals surface area contributed by atoms with Gasteiger partial charge in [0.25, 0.3) is 0 Å². The van der Waals surface area contributed by atoms with Gasteiger partial charge in [-0.3, -0.25) is 4.79 Å². The summed E-state index contributed by atoms with van der Waals surface area (Å²) in [5.74, 6) is 0.679. The van der Waals surface area contributed by atoms with E-state index in [0.29, 0.717) is 16.4 Å². The third kappa shape index (κ3) is 3.68. The normalized spacial score (nSPS) is 12.8. The highest BCUT2D eigenvalue weighted by Gasteiger charge is 2.16. The number of nitrogens with one attached hydrogen (secondary N) is 1. The molecule has 1 aromatic carbocycles. The Morgan fingerprint density at radius 1 is 1.31 bits per heavy atom. The van der Waals surface area contributed by atoms with Crippen LogP contribution in [0.25, 0.3) is 16.4 Å². The van der Waals surface area contributed by atoms with E-state index in [0.717, 1.165) is 27.9 Å². The molecule has 0 aliphatic heterocycles. The Bertz CT molecular complexity index is 969. The number of fused-ring (bicyclic) bond motifs is 1. The Labute approximate surface area is 160 Å². The summed E-state index contributed by atoms with van der Waals surface area (Å²) in [6.07, 6.45) is 4.26. The van der Waals surface area contributed by atoms with Crippen LogP contribution < -0.4 is 5.32 Å². The quantitative estimate of drug-likeness (QED) is 0.645. The summed E-state index contributed by atoms with van der Waals surface area (Å²) in [4.78, 5) is 27.1. The lowest BCUT2D eigenvalue weighted by Gasteiger charge is -2.25. The molecule has 0 aliphatic rings. The number of halogens is 1. The van der Waals surface area contributed by atoms with Gasteiger partial charge in [-0.2, -0.15) is 0 Å². The predicted molar refractivity (Wildman–Crippen MR) is 107 cm³/mol. The fourth-order valence-corrected chi connectivity index (χ4v) is 3.54. The van der Waals surface area contributed by atoms with Crippen LogP contribution in [0.4, 0.5) is 5.82 Å². The zero-order chi connectivity index (χ0) is 18.7. The van der Waals surface area contributed by atoms with Crippen LogP contribution in [0.2, 0.25) is 5.02 Å². The van der Waals surface area contributed by atoms with Crippen LogP contribution in [-0.4, -0.2) is 46.3 Å². The molecule has 0 bridgehead atoms. The van der Waals surface area contributed by atoms with Crippen molar-refractivity contribution in [3.05, 3.63) is 51.9 Å². The number of benzene rings is 1. The van der Waals surface area contributed by atoms with E-state index in [4.69, 9.17) is 11.6 Å². The van der Waals surface area contributed by atoms with E-state index in [9.17, 15) is 4.79 Å². The first kappa shape index (κ1) is 18.3. The topological polar surface area (TPSA) is 71.0 Å². The number of anilines is 1. The van der Waals surface area contributed by atoms with Crippen molar-refractivity contribution < 1.29 is 4.79 Å². The number of carbonyl (C=O) groups excluding carboxylic acids is 1. The summed E-state index contributed by atoms with van der Waals surface area (Å²) in [7, 11) is 3.90. The van der Waals surface area contributed by atoms with E-state index in [1.807, 2.05) is 44.1 Å². The third-order valence-electron chi connectivity index (χ3n) is 3.96. The molecular formula is C18H18ClN5OS. The number of thiazole rings is 1. The van der Waals surface area contributed by atoms with Gasteiger partial charge in [-0.1, -0.05) is 23.7 Å². The zero-order valence-corrected chi connectivity index (χ0v) is 16.2. The molecule has 2 heterocycles. The minimum atomic E-state index is -0.0803. The zero-order valence-electron chi connectivity index (χ0n) is 14.6. The van der Waals surface area contributed by atoms with Crippen LogP contribution in [0.15, 0.2) is 35.7 Å². The van der Waals surface area contributed by atoms with Gasteiger partial charge < -0.3 is 10.2 Å². The van der Waals surface area contributed by atoms with Crippen molar-refractivity contribution in [2.45, 2.75) is 13.0 Å². The molecule has 2 aromatic heterocycles. The lowest BCUT2D eigenvalue weighted by atomic mass is 10.0. The number of hydrogen-bond acceptors (Lipinski definition) is 7. The van der Waals surface area contributed by atoms with Crippen LogP contribution in [0.5, 0.6) is 0 Å². The summed E-state index contributed by atoms with van der Waals surface area (Å²) < 4.78 is 0. The Morgan fingerprint density at radius 2 is 2.12 bits per heavy atom. The van der Waals surface area contributed by atoms with Gasteiger partial charge in [0.1, 0.15) is 16.7 Å². The fraction of sp³-hybridized carbons (Fsp3) is 0.222. The van der Waals surface area contributed by atoms with Crippen molar-refractivity contribution in [3.8, 4) is 0 Å². The number of likely N-dealkylation sites (N-methyl/N-ethyl adjacent to an activating group) is 1. The molecule has 0 amide bonds. The maximum atomic E-state index is 11.4. The van der Waals surface area contributed by atoms with Crippen LogP contribution in [0, 0.1) is 0 Å². The van der Waals surface area contributed by atoms with E-state index >= 15 is 0 Å². The number of aromatic nitrogens is 3. The van der Waals surface area contributed by atoms with Crippen LogP contribution in [-0.2, 0) is 0 Å². The fourth-order valence-electron chi connectivity index (χ4n) is 2.68. The van der Waals surface area contributed by atoms with Crippen LogP contribution in [0.1, 0.15) is 22.8 Å². The van der Waals surface area contributed by atoms with E-state index in [-0.39, 0.29) is 6.04 Å². The molecule has 0 radical (unpaired) electrons. The number of carbonyl (C=O) groups is 1. The molecule has 0 fully saturated rings.